The highest BCUT2D eigenvalue weighted by Crippen LogP contribution is 2.38. The number of nitrogens with zero attached hydrogens (tertiary/aromatic N) is 1. The average molecular weight is 308 g/mol. The zero-order valence-corrected chi connectivity index (χ0v) is 10.8. The predicted molar refractivity (Wildman–Crippen MR) is 67.4 cm³/mol. The molecular weight excluding hydrogens is 299 g/mol. The SMILES string of the molecule is Cc1nc2c(C(F)(F)F)cccc2c(O)c1C(=O)O.Cl. The number of hydrogen-bond acceptors (Lipinski definition) is 3. The van der Waals surface area contributed by atoms with Crippen LogP contribution in [0, 0.1) is 6.92 Å². The summed E-state index contributed by atoms with van der Waals surface area (Å²) in [6.07, 6.45) is -4.63. The first-order valence-electron chi connectivity index (χ1n) is 5.16. The maximum absolute atomic E-state index is 12.8. The quantitative estimate of drug-likeness (QED) is 0.847. The zero-order chi connectivity index (χ0) is 14.4. The second kappa shape index (κ2) is 5.16. The number of pyridine rings is 1. The molecule has 2 N–H and O–H groups in total. The smallest absolute Gasteiger partial charge is 0.418 e. The van der Waals surface area contributed by atoms with Crippen LogP contribution in [0.5, 0.6) is 5.75 Å². The van der Waals surface area contributed by atoms with Gasteiger partial charge in [-0.2, -0.15) is 13.2 Å². The Labute approximate surface area is 117 Å². The average Bonchev–Trinajstić information content (AvgIpc) is 2.26. The van der Waals surface area contributed by atoms with Crippen LogP contribution in [0.15, 0.2) is 18.2 Å². The van der Waals surface area contributed by atoms with E-state index in [1.165, 1.54) is 13.0 Å². The number of halogens is 4. The van der Waals surface area contributed by atoms with E-state index in [-0.39, 0.29) is 23.5 Å². The Morgan fingerprint density at radius 1 is 1.30 bits per heavy atom. The van der Waals surface area contributed by atoms with E-state index in [1.807, 2.05) is 0 Å². The Morgan fingerprint density at radius 3 is 2.40 bits per heavy atom. The standard InChI is InChI=1S/C12H8F3NO3.ClH/c1-5-8(11(18)19)10(17)6-3-2-4-7(9(6)16-5)12(13,14)15;/h2-4H,1H3,(H,16,17)(H,18,19);1H. The van der Waals surface area contributed by atoms with Gasteiger partial charge in [-0.15, -0.1) is 12.4 Å². The third kappa shape index (κ3) is 2.49. The van der Waals surface area contributed by atoms with Gasteiger partial charge in [0, 0.05) is 5.39 Å². The third-order valence-electron chi connectivity index (χ3n) is 2.69. The molecule has 0 aliphatic rings. The predicted octanol–water partition coefficient (Wildman–Crippen LogP) is 3.39. The summed E-state index contributed by atoms with van der Waals surface area (Å²) < 4.78 is 38.4. The fraction of sp³-hybridized carbons (Fsp3) is 0.167. The molecule has 8 heteroatoms. The number of carboxylic acids is 1. The number of aryl methyl sites for hydroxylation is 1. The van der Waals surface area contributed by atoms with Gasteiger partial charge in [-0.05, 0) is 19.1 Å². The fourth-order valence-corrected chi connectivity index (χ4v) is 1.87. The molecule has 0 unspecified atom stereocenters. The Morgan fingerprint density at radius 2 is 1.90 bits per heavy atom. The zero-order valence-electron chi connectivity index (χ0n) is 10.0. The number of carboxylic acid groups (broad SMARTS) is 1. The van der Waals surface area contributed by atoms with Crippen LogP contribution in [0.4, 0.5) is 13.2 Å². The number of rotatable bonds is 1. The Balaban J connectivity index is 0.00000200. The second-order valence-corrected chi connectivity index (χ2v) is 3.93. The van der Waals surface area contributed by atoms with Crippen molar-refractivity contribution in [3.63, 3.8) is 0 Å². The van der Waals surface area contributed by atoms with E-state index < -0.39 is 34.5 Å². The van der Waals surface area contributed by atoms with E-state index in [2.05, 4.69) is 4.98 Å². The van der Waals surface area contributed by atoms with Crippen LogP contribution in [-0.4, -0.2) is 21.2 Å². The molecule has 1 aromatic heterocycles. The Kier molecular flexibility index (Phi) is 4.14. The summed E-state index contributed by atoms with van der Waals surface area (Å²) in [5.74, 6) is -2.15. The van der Waals surface area contributed by atoms with Crippen LogP contribution in [-0.2, 0) is 6.18 Å². The molecule has 0 saturated heterocycles. The van der Waals surface area contributed by atoms with Crippen molar-refractivity contribution in [1.29, 1.82) is 0 Å². The van der Waals surface area contributed by atoms with Crippen molar-refractivity contribution in [1.82, 2.24) is 4.98 Å². The van der Waals surface area contributed by atoms with Gasteiger partial charge in [-0.25, -0.2) is 4.79 Å². The van der Waals surface area contributed by atoms with E-state index in [1.54, 1.807) is 0 Å². The topological polar surface area (TPSA) is 70.4 Å². The van der Waals surface area contributed by atoms with Gasteiger partial charge in [0.15, 0.2) is 0 Å². The Hall–Kier alpha value is -2.02. The van der Waals surface area contributed by atoms with Gasteiger partial charge in [0.2, 0.25) is 0 Å². The highest BCUT2D eigenvalue weighted by atomic mass is 35.5. The molecular formula is C12H9ClF3NO3. The van der Waals surface area contributed by atoms with Crippen LogP contribution >= 0.6 is 12.4 Å². The van der Waals surface area contributed by atoms with Crippen LogP contribution in [0.25, 0.3) is 10.9 Å². The molecule has 0 amide bonds. The van der Waals surface area contributed by atoms with Gasteiger partial charge in [-0.3, -0.25) is 4.98 Å². The molecule has 108 valence electrons. The molecule has 0 aliphatic carbocycles. The lowest BCUT2D eigenvalue weighted by Gasteiger charge is -2.12. The number of benzene rings is 1. The fourth-order valence-electron chi connectivity index (χ4n) is 1.87. The van der Waals surface area contributed by atoms with Crippen molar-refractivity contribution in [3.05, 3.63) is 35.0 Å². The van der Waals surface area contributed by atoms with Crippen molar-refractivity contribution in [2.45, 2.75) is 13.1 Å². The summed E-state index contributed by atoms with van der Waals surface area (Å²) in [5.41, 5.74) is -2.14. The summed E-state index contributed by atoms with van der Waals surface area (Å²) in [7, 11) is 0. The van der Waals surface area contributed by atoms with E-state index in [9.17, 15) is 23.1 Å². The van der Waals surface area contributed by atoms with Crippen LogP contribution in [0.2, 0.25) is 0 Å². The van der Waals surface area contributed by atoms with Crippen molar-refractivity contribution < 1.29 is 28.2 Å². The molecule has 2 aromatic rings. The molecule has 0 bridgehead atoms. The van der Waals surface area contributed by atoms with Crippen LogP contribution in [0.3, 0.4) is 0 Å². The highest BCUT2D eigenvalue weighted by Gasteiger charge is 2.34. The number of alkyl halides is 3. The van der Waals surface area contributed by atoms with Gasteiger partial charge < -0.3 is 10.2 Å². The number of carbonyl (C=O) groups is 1. The van der Waals surface area contributed by atoms with Crippen molar-refractivity contribution >= 4 is 29.3 Å². The number of fused-ring (bicyclic) bond motifs is 1. The summed E-state index contributed by atoms with van der Waals surface area (Å²) in [6, 6.07) is 3.11. The first-order chi connectivity index (χ1) is 8.73. The molecule has 0 atom stereocenters. The lowest BCUT2D eigenvalue weighted by molar-refractivity contribution is -0.136. The molecule has 20 heavy (non-hydrogen) atoms. The van der Waals surface area contributed by atoms with Gasteiger partial charge in [0.25, 0.3) is 0 Å². The summed E-state index contributed by atoms with van der Waals surface area (Å²) >= 11 is 0. The number of aromatic hydroxyl groups is 1. The minimum absolute atomic E-state index is 0. The molecule has 4 nitrogen and oxygen atoms in total. The van der Waals surface area contributed by atoms with Crippen LogP contribution in [0.1, 0.15) is 21.6 Å². The van der Waals surface area contributed by atoms with E-state index >= 15 is 0 Å². The Bertz CT molecular complexity index is 686. The molecule has 2 rings (SSSR count). The summed E-state index contributed by atoms with van der Waals surface area (Å²) in [4.78, 5) is 14.6. The van der Waals surface area contributed by atoms with Gasteiger partial charge in [-0.1, -0.05) is 6.07 Å². The molecule has 1 aromatic carbocycles. The van der Waals surface area contributed by atoms with Gasteiger partial charge in [0.1, 0.15) is 11.3 Å². The molecule has 1 heterocycles. The normalized spacial score (nSPS) is 11.2. The van der Waals surface area contributed by atoms with Crippen molar-refractivity contribution in [2.24, 2.45) is 0 Å². The number of aromatic nitrogens is 1. The van der Waals surface area contributed by atoms with Crippen LogP contribution < -0.4 is 0 Å². The lowest BCUT2D eigenvalue weighted by Crippen LogP contribution is -2.09. The third-order valence-corrected chi connectivity index (χ3v) is 2.69. The van der Waals surface area contributed by atoms with Crippen molar-refractivity contribution in [3.8, 4) is 5.75 Å². The number of aromatic carboxylic acids is 1. The van der Waals surface area contributed by atoms with Crippen molar-refractivity contribution in [2.75, 3.05) is 0 Å². The van der Waals surface area contributed by atoms with E-state index in [4.69, 9.17) is 5.11 Å². The minimum atomic E-state index is -4.63. The molecule has 0 aliphatic heterocycles. The number of hydrogen-bond donors (Lipinski definition) is 2. The highest BCUT2D eigenvalue weighted by molar-refractivity contribution is 6.00. The molecule has 0 saturated carbocycles. The van der Waals surface area contributed by atoms with E-state index in [0.29, 0.717) is 0 Å². The largest absolute Gasteiger partial charge is 0.506 e. The van der Waals surface area contributed by atoms with E-state index in [0.717, 1.165) is 12.1 Å². The number of para-hydroxylation sites is 1. The molecule has 0 spiro atoms. The maximum atomic E-state index is 12.8. The molecule has 0 fully saturated rings. The first kappa shape index (κ1) is 16.0. The maximum Gasteiger partial charge on any atom is 0.418 e. The van der Waals surface area contributed by atoms with Gasteiger partial charge in [0.05, 0.1) is 16.8 Å². The lowest BCUT2D eigenvalue weighted by atomic mass is 10.0. The minimum Gasteiger partial charge on any atom is -0.506 e. The first-order valence-corrected chi connectivity index (χ1v) is 5.16. The molecule has 0 radical (unpaired) electrons. The summed E-state index contributed by atoms with van der Waals surface area (Å²) in [5, 5.41) is 18.5. The monoisotopic (exact) mass is 307 g/mol. The second-order valence-electron chi connectivity index (χ2n) is 3.93. The van der Waals surface area contributed by atoms with Gasteiger partial charge >= 0.3 is 12.1 Å². The summed E-state index contributed by atoms with van der Waals surface area (Å²) in [6.45, 7) is 1.23.